The topological polar surface area (TPSA) is 48.0 Å². The summed E-state index contributed by atoms with van der Waals surface area (Å²) in [5.41, 5.74) is 0.889. The van der Waals surface area contributed by atoms with Crippen LogP contribution in [0.25, 0.3) is 11.4 Å². The normalized spacial score (nSPS) is 10.4. The molecule has 1 heterocycles. The van der Waals surface area contributed by atoms with Crippen molar-refractivity contribution in [2.45, 2.75) is 13.5 Å². The molecule has 0 saturated heterocycles. The second-order valence-corrected chi connectivity index (χ2v) is 2.88. The lowest BCUT2D eigenvalue weighted by molar-refractivity contribution is 0.377. The van der Waals surface area contributed by atoms with Gasteiger partial charge in [0.15, 0.2) is 5.82 Å². The van der Waals surface area contributed by atoms with Crippen LogP contribution in [0.1, 0.15) is 6.92 Å². The van der Waals surface area contributed by atoms with Gasteiger partial charge in [0.25, 0.3) is 0 Å². The van der Waals surface area contributed by atoms with Gasteiger partial charge in [-0.05, 0) is 6.92 Å². The van der Waals surface area contributed by atoms with Crippen molar-refractivity contribution in [3.05, 3.63) is 40.9 Å². The molecule has 4 nitrogen and oxygen atoms in total. The smallest absolute Gasteiger partial charge is 0.295 e. The Labute approximate surface area is 80.8 Å². The molecule has 0 fully saturated rings. The quantitative estimate of drug-likeness (QED) is 0.721. The average molecular weight is 190 g/mol. The zero-order valence-electron chi connectivity index (χ0n) is 7.80. The third kappa shape index (κ3) is 1.35. The second-order valence-electron chi connectivity index (χ2n) is 2.88. The van der Waals surface area contributed by atoms with Gasteiger partial charge >= 0.3 is 5.76 Å². The molecular formula is C10H10N2O2. The van der Waals surface area contributed by atoms with Crippen molar-refractivity contribution in [3.8, 4) is 11.4 Å². The number of hydrogen-bond acceptors (Lipinski definition) is 3. The summed E-state index contributed by atoms with van der Waals surface area (Å²) in [6.45, 7) is 2.44. The van der Waals surface area contributed by atoms with Crippen LogP contribution in [0.3, 0.4) is 0 Å². The van der Waals surface area contributed by atoms with Gasteiger partial charge in [0, 0.05) is 12.1 Å². The van der Waals surface area contributed by atoms with E-state index in [0.717, 1.165) is 5.56 Å². The van der Waals surface area contributed by atoms with Gasteiger partial charge in [-0.25, -0.2) is 4.79 Å². The van der Waals surface area contributed by atoms with E-state index in [2.05, 4.69) is 9.68 Å². The zero-order valence-corrected chi connectivity index (χ0v) is 7.80. The maximum Gasteiger partial charge on any atom is 0.441 e. The fourth-order valence-electron chi connectivity index (χ4n) is 1.34. The fourth-order valence-corrected chi connectivity index (χ4v) is 1.34. The first kappa shape index (κ1) is 8.74. The van der Waals surface area contributed by atoms with Crippen molar-refractivity contribution in [2.75, 3.05) is 0 Å². The molecule has 0 bridgehead atoms. The summed E-state index contributed by atoms with van der Waals surface area (Å²) in [7, 11) is 0. The lowest BCUT2D eigenvalue weighted by Crippen LogP contribution is -2.13. The molecule has 14 heavy (non-hydrogen) atoms. The molecule has 0 aliphatic rings. The van der Waals surface area contributed by atoms with Crippen molar-refractivity contribution in [2.24, 2.45) is 0 Å². The summed E-state index contributed by atoms with van der Waals surface area (Å²) in [5, 5.41) is 3.73. The first-order chi connectivity index (χ1) is 6.83. The Morgan fingerprint density at radius 1 is 1.36 bits per heavy atom. The highest BCUT2D eigenvalue weighted by Crippen LogP contribution is 2.14. The highest BCUT2D eigenvalue weighted by atomic mass is 16.5. The van der Waals surface area contributed by atoms with E-state index in [1.54, 1.807) is 0 Å². The molecule has 2 rings (SSSR count). The molecule has 0 atom stereocenters. The third-order valence-electron chi connectivity index (χ3n) is 2.03. The molecule has 0 amide bonds. The van der Waals surface area contributed by atoms with Gasteiger partial charge in [-0.2, -0.15) is 0 Å². The molecule has 72 valence electrons. The van der Waals surface area contributed by atoms with E-state index in [1.165, 1.54) is 4.57 Å². The van der Waals surface area contributed by atoms with E-state index >= 15 is 0 Å². The maximum atomic E-state index is 11.2. The first-order valence-corrected chi connectivity index (χ1v) is 4.45. The molecule has 0 aliphatic carbocycles. The number of hydrogen-bond donors (Lipinski definition) is 0. The van der Waals surface area contributed by atoms with Crippen molar-refractivity contribution in [1.82, 2.24) is 9.72 Å². The maximum absolute atomic E-state index is 11.2. The highest BCUT2D eigenvalue weighted by molar-refractivity contribution is 5.54. The minimum absolute atomic E-state index is 0.411. The lowest BCUT2D eigenvalue weighted by atomic mass is 10.2. The molecule has 0 unspecified atom stereocenters. The summed E-state index contributed by atoms with van der Waals surface area (Å²) in [6.07, 6.45) is 0. The van der Waals surface area contributed by atoms with Crippen LogP contribution in [0, 0.1) is 0 Å². The minimum Gasteiger partial charge on any atom is -0.295 e. The van der Waals surface area contributed by atoms with Crippen LogP contribution in [0.4, 0.5) is 0 Å². The second kappa shape index (κ2) is 3.49. The van der Waals surface area contributed by atoms with Gasteiger partial charge < -0.3 is 0 Å². The average Bonchev–Trinajstić information content (AvgIpc) is 2.61. The standard InChI is InChI=1S/C10H10N2O2/c1-2-12-9(11-14-10(12)13)8-6-4-3-5-7-8/h3-7H,2H2,1H3. The molecule has 2 aromatic rings. The Hall–Kier alpha value is -1.84. The molecule has 0 radical (unpaired) electrons. The fraction of sp³-hybridized carbons (Fsp3) is 0.200. The van der Waals surface area contributed by atoms with Crippen LogP contribution in [-0.2, 0) is 6.54 Å². The van der Waals surface area contributed by atoms with Gasteiger partial charge in [-0.3, -0.25) is 9.09 Å². The van der Waals surface area contributed by atoms with Crippen molar-refractivity contribution in [1.29, 1.82) is 0 Å². The van der Waals surface area contributed by atoms with Crippen LogP contribution in [0.2, 0.25) is 0 Å². The number of aromatic nitrogens is 2. The molecule has 4 heteroatoms. The zero-order chi connectivity index (χ0) is 9.97. The minimum atomic E-state index is -0.411. The molecule has 0 aliphatic heterocycles. The lowest BCUT2D eigenvalue weighted by Gasteiger charge is -1.99. The molecule has 0 saturated carbocycles. The molecular weight excluding hydrogens is 180 g/mol. The van der Waals surface area contributed by atoms with Crippen LogP contribution < -0.4 is 5.76 Å². The molecule has 0 spiro atoms. The summed E-state index contributed by atoms with van der Waals surface area (Å²) in [4.78, 5) is 11.2. The van der Waals surface area contributed by atoms with Crippen LogP contribution in [-0.4, -0.2) is 9.72 Å². The summed E-state index contributed by atoms with van der Waals surface area (Å²) >= 11 is 0. The molecule has 1 aromatic carbocycles. The van der Waals surface area contributed by atoms with Gasteiger partial charge in [-0.1, -0.05) is 35.5 Å². The number of nitrogens with zero attached hydrogens (tertiary/aromatic N) is 2. The van der Waals surface area contributed by atoms with Crippen LogP contribution in [0.15, 0.2) is 39.6 Å². The molecule has 0 N–H and O–H groups in total. The predicted octanol–water partition coefficient (Wildman–Crippen LogP) is 1.52. The summed E-state index contributed by atoms with van der Waals surface area (Å²) < 4.78 is 6.09. The Kier molecular flexibility index (Phi) is 2.18. The first-order valence-electron chi connectivity index (χ1n) is 4.45. The van der Waals surface area contributed by atoms with Gasteiger partial charge in [0.05, 0.1) is 0 Å². The Balaban J connectivity index is 2.57. The third-order valence-corrected chi connectivity index (χ3v) is 2.03. The van der Waals surface area contributed by atoms with Gasteiger partial charge in [0.2, 0.25) is 0 Å². The Bertz CT molecular complexity index is 470. The number of rotatable bonds is 2. The summed E-state index contributed by atoms with van der Waals surface area (Å²) in [6, 6.07) is 9.49. The van der Waals surface area contributed by atoms with Crippen molar-refractivity contribution < 1.29 is 4.52 Å². The predicted molar refractivity (Wildman–Crippen MR) is 51.9 cm³/mol. The van der Waals surface area contributed by atoms with Crippen molar-refractivity contribution >= 4 is 0 Å². The van der Waals surface area contributed by atoms with E-state index in [0.29, 0.717) is 12.4 Å². The monoisotopic (exact) mass is 190 g/mol. The van der Waals surface area contributed by atoms with Crippen LogP contribution >= 0.6 is 0 Å². The van der Waals surface area contributed by atoms with Crippen LogP contribution in [0.5, 0.6) is 0 Å². The van der Waals surface area contributed by atoms with Crippen molar-refractivity contribution in [3.63, 3.8) is 0 Å². The largest absolute Gasteiger partial charge is 0.441 e. The Morgan fingerprint density at radius 3 is 2.71 bits per heavy atom. The van der Waals surface area contributed by atoms with Gasteiger partial charge in [0.1, 0.15) is 0 Å². The van der Waals surface area contributed by atoms with E-state index in [9.17, 15) is 4.79 Å². The van der Waals surface area contributed by atoms with E-state index in [1.807, 2.05) is 37.3 Å². The number of benzene rings is 1. The highest BCUT2D eigenvalue weighted by Gasteiger charge is 2.09. The Morgan fingerprint density at radius 2 is 2.07 bits per heavy atom. The SMILES string of the molecule is CCn1c(-c2ccccc2)noc1=O. The molecule has 1 aromatic heterocycles. The van der Waals surface area contributed by atoms with Gasteiger partial charge in [-0.15, -0.1) is 0 Å². The van der Waals surface area contributed by atoms with E-state index < -0.39 is 5.76 Å². The van der Waals surface area contributed by atoms with E-state index in [4.69, 9.17) is 0 Å². The van der Waals surface area contributed by atoms with E-state index in [-0.39, 0.29) is 0 Å². The summed E-state index contributed by atoms with van der Waals surface area (Å²) in [5.74, 6) is 0.171.